The van der Waals surface area contributed by atoms with Gasteiger partial charge in [0.05, 0.1) is 5.69 Å². The first-order valence-electron chi connectivity index (χ1n) is 6.26. The summed E-state index contributed by atoms with van der Waals surface area (Å²) in [6, 6.07) is 7.67. The molecule has 0 saturated carbocycles. The average molecular weight is 304 g/mol. The number of aryl methyl sites for hydroxylation is 1. The molecule has 1 heterocycles. The van der Waals surface area contributed by atoms with Gasteiger partial charge in [-0.3, -0.25) is 9.59 Å². The quantitative estimate of drug-likeness (QED) is 0.846. The zero-order chi connectivity index (χ0) is 15.4. The maximum Gasteiger partial charge on any atom is 0.293 e. The number of nitrogens with one attached hydrogen (secondary N) is 2. The minimum atomic E-state index is -0.340. The highest BCUT2D eigenvalue weighted by molar-refractivity contribution is 7.99. The molecule has 2 rings (SSSR count). The average Bonchev–Trinajstić information content (AvgIpc) is 2.44. The molecule has 0 saturated heterocycles. The van der Waals surface area contributed by atoms with Crippen LogP contribution in [-0.2, 0) is 11.8 Å². The molecule has 1 aromatic carbocycles. The van der Waals surface area contributed by atoms with E-state index in [0.717, 1.165) is 11.3 Å². The van der Waals surface area contributed by atoms with Gasteiger partial charge < -0.3 is 14.6 Å². The van der Waals surface area contributed by atoms with Gasteiger partial charge in [0.2, 0.25) is 5.91 Å². The Kier molecular flexibility index (Phi) is 4.64. The lowest BCUT2D eigenvalue weighted by Crippen LogP contribution is -2.24. The highest BCUT2D eigenvalue weighted by Gasteiger charge is 2.09. The summed E-state index contributed by atoms with van der Waals surface area (Å²) in [7, 11) is 1.63. The van der Waals surface area contributed by atoms with Crippen molar-refractivity contribution in [2.45, 2.75) is 6.92 Å². The predicted molar refractivity (Wildman–Crippen MR) is 86.4 cm³/mol. The van der Waals surface area contributed by atoms with Crippen molar-refractivity contribution in [2.75, 3.05) is 16.3 Å². The summed E-state index contributed by atoms with van der Waals surface area (Å²) in [4.78, 5) is 27.3. The van der Waals surface area contributed by atoms with Crippen LogP contribution in [0.1, 0.15) is 6.92 Å². The lowest BCUT2D eigenvalue weighted by molar-refractivity contribution is -0.114. The minimum absolute atomic E-state index is 0.0331. The van der Waals surface area contributed by atoms with Crippen molar-refractivity contribution in [3.8, 4) is 11.3 Å². The molecule has 1 aromatic heterocycles. The molecular weight excluding hydrogens is 288 g/mol. The van der Waals surface area contributed by atoms with Crippen molar-refractivity contribution >= 4 is 29.4 Å². The Hall–Kier alpha value is -2.28. The number of aromatic nitrogens is 2. The maximum atomic E-state index is 11.9. The minimum Gasteiger partial charge on any atom is -0.330 e. The fraction of sp³-hybridized carbons (Fsp3) is 0.214. The maximum absolute atomic E-state index is 11.9. The predicted octanol–water partition coefficient (Wildman–Crippen LogP) is 2.10. The normalized spacial score (nSPS) is 10.2. The van der Waals surface area contributed by atoms with E-state index in [2.05, 4.69) is 15.0 Å². The van der Waals surface area contributed by atoms with E-state index < -0.39 is 0 Å². The van der Waals surface area contributed by atoms with Gasteiger partial charge in [-0.1, -0.05) is 24.1 Å². The third kappa shape index (κ3) is 3.63. The van der Waals surface area contributed by atoms with Gasteiger partial charge >= 0.3 is 0 Å². The molecule has 0 radical (unpaired) electrons. The standard InChI is InChI=1S/C14H16N4O2S/c1-9(19)15-13-14(20)18(2)8-12(16-13)10-5-4-6-11(7-10)17-21-3/h4-8,17H,1-3H3,(H,15,16,19). The number of carbonyl (C=O) groups excluding carboxylic acids is 1. The Morgan fingerprint density at radius 1 is 1.38 bits per heavy atom. The smallest absolute Gasteiger partial charge is 0.293 e. The third-order valence-corrected chi connectivity index (χ3v) is 3.18. The van der Waals surface area contributed by atoms with Gasteiger partial charge in [-0.25, -0.2) is 4.98 Å². The van der Waals surface area contributed by atoms with Crippen molar-refractivity contribution in [1.82, 2.24) is 9.55 Å². The van der Waals surface area contributed by atoms with Crippen LogP contribution in [0.5, 0.6) is 0 Å². The van der Waals surface area contributed by atoms with Crippen LogP contribution < -0.4 is 15.6 Å². The molecule has 0 fully saturated rings. The molecule has 0 aliphatic rings. The van der Waals surface area contributed by atoms with Gasteiger partial charge in [0.25, 0.3) is 5.56 Å². The van der Waals surface area contributed by atoms with Crippen LogP contribution in [0.4, 0.5) is 11.5 Å². The largest absolute Gasteiger partial charge is 0.330 e. The molecular formula is C14H16N4O2S. The molecule has 0 aliphatic carbocycles. The Balaban J connectivity index is 2.48. The van der Waals surface area contributed by atoms with E-state index >= 15 is 0 Å². The second-order valence-corrected chi connectivity index (χ2v) is 5.07. The SMILES string of the molecule is CSNc1cccc(-c2cn(C)c(=O)c(NC(C)=O)n2)c1. The second-order valence-electron chi connectivity index (χ2n) is 4.46. The molecule has 7 heteroatoms. The number of nitrogens with zero attached hydrogens (tertiary/aromatic N) is 2. The summed E-state index contributed by atoms with van der Waals surface area (Å²) in [5.41, 5.74) is 2.07. The van der Waals surface area contributed by atoms with Gasteiger partial charge in [0.15, 0.2) is 5.82 Å². The van der Waals surface area contributed by atoms with E-state index in [1.165, 1.54) is 23.4 Å². The van der Waals surface area contributed by atoms with Crippen molar-refractivity contribution in [2.24, 2.45) is 7.05 Å². The van der Waals surface area contributed by atoms with Crippen LogP contribution in [-0.4, -0.2) is 21.7 Å². The molecule has 0 atom stereocenters. The summed E-state index contributed by atoms with van der Waals surface area (Å²) in [6.07, 6.45) is 3.58. The third-order valence-electron chi connectivity index (χ3n) is 2.74. The van der Waals surface area contributed by atoms with Crippen molar-refractivity contribution in [1.29, 1.82) is 0 Å². The van der Waals surface area contributed by atoms with Crippen molar-refractivity contribution in [3.63, 3.8) is 0 Å². The molecule has 0 aliphatic heterocycles. The zero-order valence-electron chi connectivity index (χ0n) is 12.0. The van der Waals surface area contributed by atoms with Gasteiger partial charge in [0.1, 0.15) is 0 Å². The summed E-state index contributed by atoms with van der Waals surface area (Å²) in [6.45, 7) is 1.34. The lowest BCUT2D eigenvalue weighted by Gasteiger charge is -2.09. The fourth-order valence-electron chi connectivity index (χ4n) is 1.85. The number of hydrogen-bond acceptors (Lipinski definition) is 5. The van der Waals surface area contributed by atoms with E-state index in [9.17, 15) is 9.59 Å². The molecule has 2 N–H and O–H groups in total. The van der Waals surface area contributed by atoms with Crippen LogP contribution in [0.25, 0.3) is 11.3 Å². The summed E-state index contributed by atoms with van der Waals surface area (Å²) >= 11 is 1.49. The lowest BCUT2D eigenvalue weighted by atomic mass is 10.1. The number of carbonyl (C=O) groups is 1. The van der Waals surface area contributed by atoms with Crippen LogP contribution in [0.3, 0.4) is 0 Å². The molecule has 0 bridgehead atoms. The van der Waals surface area contributed by atoms with E-state index in [0.29, 0.717) is 5.69 Å². The molecule has 2 aromatic rings. The molecule has 110 valence electrons. The van der Waals surface area contributed by atoms with Crippen LogP contribution >= 0.6 is 11.9 Å². The summed E-state index contributed by atoms with van der Waals surface area (Å²) < 4.78 is 4.55. The van der Waals surface area contributed by atoms with E-state index in [4.69, 9.17) is 0 Å². The molecule has 0 unspecified atom stereocenters. The van der Waals surface area contributed by atoms with Crippen LogP contribution in [0.2, 0.25) is 0 Å². The Morgan fingerprint density at radius 3 is 2.81 bits per heavy atom. The van der Waals surface area contributed by atoms with E-state index in [1.807, 2.05) is 30.5 Å². The monoisotopic (exact) mass is 304 g/mol. The highest BCUT2D eigenvalue weighted by Crippen LogP contribution is 2.22. The topological polar surface area (TPSA) is 76.0 Å². The Bertz CT molecular complexity index is 727. The van der Waals surface area contributed by atoms with Crippen molar-refractivity contribution < 1.29 is 4.79 Å². The first-order valence-corrected chi connectivity index (χ1v) is 7.48. The molecule has 21 heavy (non-hydrogen) atoms. The van der Waals surface area contributed by atoms with Crippen molar-refractivity contribution in [3.05, 3.63) is 40.8 Å². The second kappa shape index (κ2) is 6.45. The van der Waals surface area contributed by atoms with Gasteiger partial charge in [-0.15, -0.1) is 0 Å². The van der Waals surface area contributed by atoms with E-state index in [1.54, 1.807) is 13.2 Å². The number of anilines is 2. The Labute approximate surface area is 126 Å². The van der Waals surface area contributed by atoms with Crippen LogP contribution in [0.15, 0.2) is 35.3 Å². The molecule has 0 spiro atoms. The number of rotatable bonds is 4. The van der Waals surface area contributed by atoms with Crippen LogP contribution in [0, 0.1) is 0 Å². The van der Waals surface area contributed by atoms with Gasteiger partial charge in [-0.2, -0.15) is 0 Å². The summed E-state index contributed by atoms with van der Waals surface area (Å²) in [5.74, 6) is -0.291. The van der Waals surface area contributed by atoms with Gasteiger partial charge in [-0.05, 0) is 12.1 Å². The van der Waals surface area contributed by atoms with Gasteiger partial charge in [0, 0.05) is 37.7 Å². The number of benzene rings is 1. The Morgan fingerprint density at radius 2 is 2.14 bits per heavy atom. The van der Waals surface area contributed by atoms with E-state index in [-0.39, 0.29) is 17.3 Å². The molecule has 1 amide bonds. The summed E-state index contributed by atoms with van der Waals surface area (Å²) in [5, 5.41) is 2.46. The fourth-order valence-corrected chi connectivity index (χ4v) is 2.22. The number of hydrogen-bond donors (Lipinski definition) is 2. The number of amides is 1. The highest BCUT2D eigenvalue weighted by atomic mass is 32.2. The first kappa shape index (κ1) is 15.1. The first-order chi connectivity index (χ1) is 10.0. The molecule has 6 nitrogen and oxygen atoms in total. The zero-order valence-corrected chi connectivity index (χ0v) is 12.8.